The first kappa shape index (κ1) is 12.0. The molecule has 1 rings (SSSR count). The van der Waals surface area contributed by atoms with Gasteiger partial charge in [0.25, 0.3) is 0 Å². The van der Waals surface area contributed by atoms with Gasteiger partial charge in [0.2, 0.25) is 0 Å². The summed E-state index contributed by atoms with van der Waals surface area (Å²) in [7, 11) is 0. The molecule has 0 bridgehead atoms. The molecule has 0 aromatic heterocycles. The second kappa shape index (κ2) is 6.44. The first-order chi connectivity index (χ1) is 6.74. The molecule has 1 fully saturated rings. The molecule has 1 aliphatic rings. The molecule has 0 heterocycles. The molecule has 1 saturated carbocycles. The molecule has 1 nitrogen and oxygen atoms in total. The standard InChI is InChI=1S/C13H27N/c1-4-7-13(10-14-11(2)3)12-8-5-6-9-12/h11-14H,4-10H2,1-3H3. The van der Waals surface area contributed by atoms with Crippen LogP contribution in [-0.2, 0) is 0 Å². The van der Waals surface area contributed by atoms with Gasteiger partial charge in [-0.15, -0.1) is 0 Å². The molecule has 1 atom stereocenters. The Bertz CT molecular complexity index is 136. The van der Waals surface area contributed by atoms with E-state index in [1.54, 1.807) is 0 Å². The van der Waals surface area contributed by atoms with E-state index in [-0.39, 0.29) is 0 Å². The Morgan fingerprint density at radius 2 is 1.86 bits per heavy atom. The molecule has 1 heteroatoms. The summed E-state index contributed by atoms with van der Waals surface area (Å²) in [5.41, 5.74) is 0. The van der Waals surface area contributed by atoms with Gasteiger partial charge in [-0.3, -0.25) is 0 Å². The SMILES string of the molecule is CCCC(CNC(C)C)C1CCCC1. The smallest absolute Gasteiger partial charge is 0.00104 e. The second-order valence-corrected chi connectivity index (χ2v) is 5.16. The lowest BCUT2D eigenvalue weighted by molar-refractivity contribution is 0.295. The van der Waals surface area contributed by atoms with E-state index in [2.05, 4.69) is 26.1 Å². The van der Waals surface area contributed by atoms with Crippen LogP contribution < -0.4 is 5.32 Å². The molecule has 0 amide bonds. The summed E-state index contributed by atoms with van der Waals surface area (Å²) >= 11 is 0. The van der Waals surface area contributed by atoms with Crippen LogP contribution in [0, 0.1) is 11.8 Å². The minimum atomic E-state index is 0.649. The van der Waals surface area contributed by atoms with Crippen molar-refractivity contribution in [1.29, 1.82) is 0 Å². The van der Waals surface area contributed by atoms with Gasteiger partial charge in [-0.2, -0.15) is 0 Å². The molecule has 0 saturated heterocycles. The van der Waals surface area contributed by atoms with Crippen molar-refractivity contribution in [3.05, 3.63) is 0 Å². The van der Waals surface area contributed by atoms with Crippen LogP contribution in [0.4, 0.5) is 0 Å². The summed E-state index contributed by atoms with van der Waals surface area (Å²) in [6, 6.07) is 0.649. The number of rotatable bonds is 6. The van der Waals surface area contributed by atoms with E-state index in [0.29, 0.717) is 6.04 Å². The lowest BCUT2D eigenvalue weighted by atomic mass is 9.87. The van der Waals surface area contributed by atoms with Crippen LogP contribution in [0.2, 0.25) is 0 Å². The first-order valence-electron chi connectivity index (χ1n) is 6.47. The summed E-state index contributed by atoms with van der Waals surface area (Å²) < 4.78 is 0. The highest BCUT2D eigenvalue weighted by atomic mass is 14.9. The van der Waals surface area contributed by atoms with Gasteiger partial charge in [0, 0.05) is 6.04 Å². The Balaban J connectivity index is 2.29. The lowest BCUT2D eigenvalue weighted by Crippen LogP contribution is -2.31. The van der Waals surface area contributed by atoms with Gasteiger partial charge in [0.15, 0.2) is 0 Å². The van der Waals surface area contributed by atoms with Crippen molar-refractivity contribution < 1.29 is 0 Å². The van der Waals surface area contributed by atoms with Gasteiger partial charge in [-0.05, 0) is 24.8 Å². The Morgan fingerprint density at radius 3 is 2.36 bits per heavy atom. The number of hydrogen-bond donors (Lipinski definition) is 1. The van der Waals surface area contributed by atoms with Crippen molar-refractivity contribution in [3.63, 3.8) is 0 Å². The van der Waals surface area contributed by atoms with Crippen molar-refractivity contribution in [2.45, 2.75) is 65.3 Å². The normalized spacial score (nSPS) is 20.6. The minimum absolute atomic E-state index is 0.649. The van der Waals surface area contributed by atoms with E-state index >= 15 is 0 Å². The summed E-state index contributed by atoms with van der Waals surface area (Å²) in [5.74, 6) is 1.98. The van der Waals surface area contributed by atoms with Crippen LogP contribution in [-0.4, -0.2) is 12.6 Å². The van der Waals surface area contributed by atoms with Gasteiger partial charge in [-0.1, -0.05) is 52.9 Å². The third kappa shape index (κ3) is 4.00. The Labute approximate surface area is 89.7 Å². The van der Waals surface area contributed by atoms with Gasteiger partial charge in [-0.25, -0.2) is 0 Å². The van der Waals surface area contributed by atoms with E-state index in [4.69, 9.17) is 0 Å². The van der Waals surface area contributed by atoms with Gasteiger partial charge >= 0.3 is 0 Å². The molecule has 84 valence electrons. The summed E-state index contributed by atoms with van der Waals surface area (Å²) in [6.07, 6.45) is 8.71. The predicted octanol–water partition coefficient (Wildman–Crippen LogP) is 3.59. The van der Waals surface area contributed by atoms with E-state index in [0.717, 1.165) is 11.8 Å². The van der Waals surface area contributed by atoms with Crippen LogP contribution in [0.15, 0.2) is 0 Å². The molecule has 1 unspecified atom stereocenters. The summed E-state index contributed by atoms with van der Waals surface area (Å²) in [5, 5.41) is 3.61. The highest BCUT2D eigenvalue weighted by Gasteiger charge is 2.23. The van der Waals surface area contributed by atoms with Gasteiger partial charge < -0.3 is 5.32 Å². The average Bonchev–Trinajstić information content (AvgIpc) is 2.64. The molecule has 0 spiro atoms. The lowest BCUT2D eigenvalue weighted by Gasteiger charge is -2.24. The van der Waals surface area contributed by atoms with Crippen LogP contribution in [0.25, 0.3) is 0 Å². The zero-order valence-corrected chi connectivity index (χ0v) is 10.2. The molecule has 0 aliphatic heterocycles. The van der Waals surface area contributed by atoms with Gasteiger partial charge in [0.05, 0.1) is 0 Å². The molecule has 0 aromatic carbocycles. The number of hydrogen-bond acceptors (Lipinski definition) is 1. The highest BCUT2D eigenvalue weighted by Crippen LogP contribution is 2.33. The molecule has 0 aromatic rings. The summed E-state index contributed by atoms with van der Waals surface area (Å²) in [6.45, 7) is 8.06. The molecule has 1 N–H and O–H groups in total. The van der Waals surface area contributed by atoms with Gasteiger partial charge in [0.1, 0.15) is 0 Å². The minimum Gasteiger partial charge on any atom is -0.314 e. The van der Waals surface area contributed by atoms with E-state index in [9.17, 15) is 0 Å². The fourth-order valence-electron chi connectivity index (χ4n) is 2.69. The molecular formula is C13H27N. The largest absolute Gasteiger partial charge is 0.314 e. The van der Waals surface area contributed by atoms with Crippen LogP contribution in [0.3, 0.4) is 0 Å². The van der Waals surface area contributed by atoms with E-state index in [1.807, 2.05) is 0 Å². The highest BCUT2D eigenvalue weighted by molar-refractivity contribution is 4.77. The van der Waals surface area contributed by atoms with Crippen LogP contribution in [0.5, 0.6) is 0 Å². The zero-order valence-electron chi connectivity index (χ0n) is 10.2. The third-order valence-electron chi connectivity index (χ3n) is 3.51. The summed E-state index contributed by atoms with van der Waals surface area (Å²) in [4.78, 5) is 0. The molecule has 14 heavy (non-hydrogen) atoms. The Kier molecular flexibility index (Phi) is 5.54. The van der Waals surface area contributed by atoms with Crippen molar-refractivity contribution >= 4 is 0 Å². The fraction of sp³-hybridized carbons (Fsp3) is 1.00. The predicted molar refractivity (Wildman–Crippen MR) is 63.5 cm³/mol. The van der Waals surface area contributed by atoms with Crippen molar-refractivity contribution in [3.8, 4) is 0 Å². The maximum absolute atomic E-state index is 3.61. The monoisotopic (exact) mass is 197 g/mol. The van der Waals surface area contributed by atoms with Crippen LogP contribution >= 0.6 is 0 Å². The first-order valence-corrected chi connectivity index (χ1v) is 6.47. The fourth-order valence-corrected chi connectivity index (χ4v) is 2.69. The van der Waals surface area contributed by atoms with Crippen molar-refractivity contribution in [2.75, 3.05) is 6.54 Å². The molecule has 0 radical (unpaired) electrons. The molecule has 1 aliphatic carbocycles. The maximum atomic E-state index is 3.61. The zero-order chi connectivity index (χ0) is 10.4. The van der Waals surface area contributed by atoms with Crippen molar-refractivity contribution in [1.82, 2.24) is 5.32 Å². The Hall–Kier alpha value is -0.0400. The Morgan fingerprint density at radius 1 is 1.21 bits per heavy atom. The quantitative estimate of drug-likeness (QED) is 0.686. The molecular weight excluding hydrogens is 170 g/mol. The van der Waals surface area contributed by atoms with Crippen molar-refractivity contribution in [2.24, 2.45) is 11.8 Å². The number of nitrogens with one attached hydrogen (secondary N) is 1. The second-order valence-electron chi connectivity index (χ2n) is 5.16. The topological polar surface area (TPSA) is 12.0 Å². The maximum Gasteiger partial charge on any atom is 0.00104 e. The van der Waals surface area contributed by atoms with E-state index < -0.39 is 0 Å². The third-order valence-corrected chi connectivity index (χ3v) is 3.51. The van der Waals surface area contributed by atoms with Crippen LogP contribution in [0.1, 0.15) is 59.3 Å². The average molecular weight is 197 g/mol. The van der Waals surface area contributed by atoms with E-state index in [1.165, 1.54) is 45.1 Å².